The fraction of sp³-hybridized carbons (Fsp3) is 0.480. The van der Waals surface area contributed by atoms with Crippen molar-refractivity contribution in [2.75, 3.05) is 64.9 Å². The molecule has 0 unspecified atom stereocenters. The van der Waals surface area contributed by atoms with Crippen molar-refractivity contribution in [2.24, 2.45) is 10.7 Å². The van der Waals surface area contributed by atoms with Gasteiger partial charge in [0.15, 0.2) is 17.5 Å². The highest BCUT2D eigenvalue weighted by atomic mass is 127. The van der Waals surface area contributed by atoms with Crippen LogP contribution in [0.25, 0.3) is 0 Å². The molecule has 7 nitrogen and oxygen atoms in total. The SMILES string of the molecule is COc1ccc(CCNC(N)=NCCCCN2CCN(c3ccccc3)CC2)cc1OC.I. The lowest BCUT2D eigenvalue weighted by atomic mass is 10.1. The zero-order valence-electron chi connectivity index (χ0n) is 19.8. The molecule has 0 amide bonds. The summed E-state index contributed by atoms with van der Waals surface area (Å²) in [7, 11) is 3.29. The highest BCUT2D eigenvalue weighted by molar-refractivity contribution is 14.0. The van der Waals surface area contributed by atoms with Crippen LogP contribution in [-0.2, 0) is 6.42 Å². The molecular formula is C25H38IN5O2. The van der Waals surface area contributed by atoms with E-state index in [9.17, 15) is 0 Å². The highest BCUT2D eigenvalue weighted by Crippen LogP contribution is 2.27. The number of rotatable bonds is 11. The van der Waals surface area contributed by atoms with Gasteiger partial charge in [-0.05, 0) is 55.6 Å². The Labute approximate surface area is 215 Å². The molecule has 1 saturated heterocycles. The van der Waals surface area contributed by atoms with Crippen LogP contribution in [0.5, 0.6) is 11.5 Å². The summed E-state index contributed by atoms with van der Waals surface area (Å²) in [6.45, 7) is 7.06. The third kappa shape index (κ3) is 8.92. The molecule has 1 fully saturated rings. The number of nitrogens with one attached hydrogen (secondary N) is 1. The topological polar surface area (TPSA) is 75.4 Å². The standard InChI is InChI=1S/C25H37N5O2.HI/c1-31-23-11-10-21(20-24(23)32-2)12-14-28-25(26)27-13-6-7-15-29-16-18-30(19-17-29)22-8-4-3-5-9-22;/h3-5,8-11,20H,6-7,12-19H2,1-2H3,(H3,26,27,28);1H. The minimum absolute atomic E-state index is 0. The maximum absolute atomic E-state index is 6.01. The average Bonchev–Trinajstić information content (AvgIpc) is 2.84. The molecule has 33 heavy (non-hydrogen) atoms. The zero-order chi connectivity index (χ0) is 22.6. The van der Waals surface area contributed by atoms with Crippen LogP contribution < -0.4 is 25.4 Å². The smallest absolute Gasteiger partial charge is 0.188 e. The third-order valence-corrected chi connectivity index (χ3v) is 5.83. The van der Waals surface area contributed by atoms with Crippen LogP contribution in [0.15, 0.2) is 53.5 Å². The normalized spacial score (nSPS) is 14.5. The van der Waals surface area contributed by atoms with Crippen molar-refractivity contribution < 1.29 is 9.47 Å². The Kier molecular flexibility index (Phi) is 12.2. The van der Waals surface area contributed by atoms with Crippen LogP contribution in [0.1, 0.15) is 18.4 Å². The van der Waals surface area contributed by atoms with E-state index in [0.717, 1.165) is 82.1 Å². The van der Waals surface area contributed by atoms with Gasteiger partial charge in [-0.25, -0.2) is 0 Å². The molecule has 0 aliphatic carbocycles. The van der Waals surface area contributed by atoms with E-state index in [2.05, 4.69) is 50.4 Å². The van der Waals surface area contributed by atoms with E-state index in [4.69, 9.17) is 15.2 Å². The van der Waals surface area contributed by atoms with E-state index in [1.54, 1.807) is 14.2 Å². The molecule has 0 aromatic heterocycles. The van der Waals surface area contributed by atoms with E-state index >= 15 is 0 Å². The average molecular weight is 568 g/mol. The number of methoxy groups -OCH3 is 2. The summed E-state index contributed by atoms with van der Waals surface area (Å²) < 4.78 is 10.6. The zero-order valence-corrected chi connectivity index (χ0v) is 22.2. The summed E-state index contributed by atoms with van der Waals surface area (Å²) in [5.41, 5.74) is 8.50. The first kappa shape index (κ1) is 27.0. The number of para-hydroxylation sites is 1. The largest absolute Gasteiger partial charge is 0.493 e. The first-order valence-electron chi connectivity index (χ1n) is 11.5. The second kappa shape index (κ2) is 14.8. The molecule has 8 heteroatoms. The first-order chi connectivity index (χ1) is 15.7. The molecule has 1 heterocycles. The van der Waals surface area contributed by atoms with Gasteiger partial charge in [-0.1, -0.05) is 24.3 Å². The number of nitrogens with zero attached hydrogens (tertiary/aromatic N) is 3. The summed E-state index contributed by atoms with van der Waals surface area (Å²) in [4.78, 5) is 9.48. The molecule has 3 rings (SSSR count). The molecular weight excluding hydrogens is 529 g/mol. The van der Waals surface area contributed by atoms with Crippen LogP contribution in [0.4, 0.5) is 5.69 Å². The summed E-state index contributed by atoms with van der Waals surface area (Å²) >= 11 is 0. The number of hydrogen-bond acceptors (Lipinski definition) is 5. The third-order valence-electron chi connectivity index (χ3n) is 5.83. The Morgan fingerprint density at radius 1 is 0.970 bits per heavy atom. The van der Waals surface area contributed by atoms with Crippen LogP contribution in [-0.4, -0.2) is 70.9 Å². The molecule has 2 aromatic carbocycles. The highest BCUT2D eigenvalue weighted by Gasteiger charge is 2.16. The van der Waals surface area contributed by atoms with Crippen LogP contribution >= 0.6 is 24.0 Å². The summed E-state index contributed by atoms with van der Waals surface area (Å²) in [6, 6.07) is 16.6. The fourth-order valence-electron chi connectivity index (χ4n) is 3.94. The first-order valence-corrected chi connectivity index (χ1v) is 11.5. The second-order valence-electron chi connectivity index (χ2n) is 8.00. The van der Waals surface area contributed by atoms with E-state index in [1.165, 1.54) is 5.69 Å². The van der Waals surface area contributed by atoms with Gasteiger partial charge in [0, 0.05) is 45.0 Å². The van der Waals surface area contributed by atoms with Gasteiger partial charge < -0.3 is 25.4 Å². The number of nitrogens with two attached hydrogens (primary N) is 1. The number of aliphatic imine (C=N–C) groups is 1. The molecule has 0 bridgehead atoms. The number of piperazine rings is 1. The van der Waals surface area contributed by atoms with Gasteiger partial charge in [-0.3, -0.25) is 9.89 Å². The quantitative estimate of drug-likeness (QED) is 0.188. The van der Waals surface area contributed by atoms with Crippen molar-refractivity contribution in [1.82, 2.24) is 10.2 Å². The molecule has 0 spiro atoms. The Bertz CT molecular complexity index is 842. The van der Waals surface area contributed by atoms with Crippen molar-refractivity contribution in [3.8, 4) is 11.5 Å². The van der Waals surface area contributed by atoms with E-state index < -0.39 is 0 Å². The Morgan fingerprint density at radius 2 is 1.70 bits per heavy atom. The fourth-order valence-corrected chi connectivity index (χ4v) is 3.94. The second-order valence-corrected chi connectivity index (χ2v) is 8.00. The molecule has 182 valence electrons. The summed E-state index contributed by atoms with van der Waals surface area (Å²) in [5.74, 6) is 2.00. The minimum atomic E-state index is 0. The maximum atomic E-state index is 6.01. The molecule has 0 atom stereocenters. The molecule has 0 saturated carbocycles. The number of unbranched alkanes of at least 4 members (excludes halogenated alkanes) is 1. The van der Waals surface area contributed by atoms with Crippen LogP contribution in [0.2, 0.25) is 0 Å². The van der Waals surface area contributed by atoms with Crippen molar-refractivity contribution in [1.29, 1.82) is 0 Å². The van der Waals surface area contributed by atoms with Gasteiger partial charge in [-0.15, -0.1) is 24.0 Å². The Balaban J connectivity index is 0.00000385. The Morgan fingerprint density at radius 3 is 2.39 bits per heavy atom. The predicted octanol–water partition coefficient (Wildman–Crippen LogP) is 3.37. The number of ether oxygens (including phenoxy) is 2. The summed E-state index contributed by atoms with van der Waals surface area (Å²) in [6.07, 6.45) is 3.04. The lowest BCUT2D eigenvalue weighted by Crippen LogP contribution is -2.46. The van der Waals surface area contributed by atoms with Gasteiger partial charge in [0.2, 0.25) is 0 Å². The lowest BCUT2D eigenvalue weighted by Gasteiger charge is -2.36. The van der Waals surface area contributed by atoms with Gasteiger partial charge in [0.25, 0.3) is 0 Å². The molecule has 2 aromatic rings. The van der Waals surface area contributed by atoms with Gasteiger partial charge >= 0.3 is 0 Å². The van der Waals surface area contributed by atoms with Gasteiger partial charge in [-0.2, -0.15) is 0 Å². The molecule has 1 aliphatic heterocycles. The maximum Gasteiger partial charge on any atom is 0.188 e. The Hall–Kier alpha value is -2.20. The van der Waals surface area contributed by atoms with Crippen LogP contribution in [0.3, 0.4) is 0 Å². The number of benzene rings is 2. The van der Waals surface area contributed by atoms with E-state index in [1.807, 2.05) is 18.2 Å². The molecule has 1 aliphatic rings. The van der Waals surface area contributed by atoms with E-state index in [-0.39, 0.29) is 24.0 Å². The predicted molar refractivity (Wildman–Crippen MR) is 147 cm³/mol. The number of guanidine groups is 1. The minimum Gasteiger partial charge on any atom is -0.493 e. The van der Waals surface area contributed by atoms with E-state index in [0.29, 0.717) is 5.96 Å². The van der Waals surface area contributed by atoms with Crippen molar-refractivity contribution in [2.45, 2.75) is 19.3 Å². The van der Waals surface area contributed by atoms with Crippen molar-refractivity contribution in [3.63, 3.8) is 0 Å². The van der Waals surface area contributed by atoms with Crippen molar-refractivity contribution in [3.05, 3.63) is 54.1 Å². The number of halogens is 1. The lowest BCUT2D eigenvalue weighted by molar-refractivity contribution is 0.253. The summed E-state index contributed by atoms with van der Waals surface area (Å²) in [5, 5.41) is 3.20. The monoisotopic (exact) mass is 567 g/mol. The van der Waals surface area contributed by atoms with Gasteiger partial charge in [0.05, 0.1) is 14.2 Å². The van der Waals surface area contributed by atoms with Crippen LogP contribution in [0, 0.1) is 0 Å². The molecule has 0 radical (unpaired) electrons. The number of anilines is 1. The van der Waals surface area contributed by atoms with Gasteiger partial charge in [0.1, 0.15) is 0 Å². The van der Waals surface area contributed by atoms with Crippen molar-refractivity contribution >= 4 is 35.6 Å². The number of hydrogen-bond donors (Lipinski definition) is 2. The molecule has 3 N–H and O–H groups in total.